The quantitative estimate of drug-likeness (QED) is 0.683. The molecule has 2 fully saturated rings. The van der Waals surface area contributed by atoms with Gasteiger partial charge < -0.3 is 14.4 Å². The molecule has 0 spiro atoms. The molecule has 2 aromatic carbocycles. The number of amides is 1. The molecule has 166 valence electrons. The summed E-state index contributed by atoms with van der Waals surface area (Å²) in [5, 5.41) is 0. The van der Waals surface area contributed by atoms with E-state index in [-0.39, 0.29) is 31.2 Å². The van der Waals surface area contributed by atoms with Gasteiger partial charge in [-0.1, -0.05) is 29.8 Å². The van der Waals surface area contributed by atoms with E-state index in [1.54, 1.807) is 31.4 Å². The molecular formula is C23H28N2O5S. The predicted octanol–water partition coefficient (Wildman–Crippen LogP) is 2.24. The second-order valence-electron chi connectivity index (χ2n) is 8.17. The Morgan fingerprint density at radius 1 is 1.06 bits per heavy atom. The first-order valence-electron chi connectivity index (χ1n) is 10.5. The lowest BCUT2D eigenvalue weighted by Gasteiger charge is -2.45. The number of sulfonamides is 1. The summed E-state index contributed by atoms with van der Waals surface area (Å²) in [7, 11) is -1.95. The number of benzene rings is 2. The first-order chi connectivity index (χ1) is 14.8. The maximum atomic E-state index is 13.0. The normalized spacial score (nSPS) is 21.7. The summed E-state index contributed by atoms with van der Waals surface area (Å²) in [5.74, 6) is 0.844. The fourth-order valence-corrected chi connectivity index (χ4v) is 5.65. The van der Waals surface area contributed by atoms with E-state index in [1.165, 1.54) is 4.31 Å². The van der Waals surface area contributed by atoms with Crippen LogP contribution in [0.25, 0.3) is 0 Å². The molecule has 0 aromatic heterocycles. The van der Waals surface area contributed by atoms with Gasteiger partial charge in [0.25, 0.3) is 0 Å². The third-order valence-electron chi connectivity index (χ3n) is 5.82. The summed E-state index contributed by atoms with van der Waals surface area (Å²) in [6.07, 6.45) is 0.413. The van der Waals surface area contributed by atoms with Crippen molar-refractivity contribution < 1.29 is 22.7 Å². The maximum absolute atomic E-state index is 13.0. The van der Waals surface area contributed by atoms with Gasteiger partial charge in [-0.25, -0.2) is 8.42 Å². The van der Waals surface area contributed by atoms with Crippen molar-refractivity contribution in [1.82, 2.24) is 9.21 Å². The van der Waals surface area contributed by atoms with E-state index in [2.05, 4.69) is 0 Å². The van der Waals surface area contributed by atoms with Crippen molar-refractivity contribution in [1.29, 1.82) is 0 Å². The summed E-state index contributed by atoms with van der Waals surface area (Å²) < 4.78 is 38.8. The highest BCUT2D eigenvalue weighted by atomic mass is 32.2. The molecule has 8 heteroatoms. The van der Waals surface area contributed by atoms with E-state index >= 15 is 0 Å². The molecule has 4 rings (SSSR count). The third-order valence-corrected chi connectivity index (χ3v) is 7.67. The molecule has 2 aliphatic rings. The molecule has 7 nitrogen and oxygen atoms in total. The molecule has 31 heavy (non-hydrogen) atoms. The monoisotopic (exact) mass is 444 g/mol. The van der Waals surface area contributed by atoms with Gasteiger partial charge in [0.15, 0.2) is 0 Å². The number of fused-ring (bicyclic) bond motifs is 2. The average Bonchev–Trinajstić information content (AvgIpc) is 2.77. The first-order valence-corrected chi connectivity index (χ1v) is 11.9. The van der Waals surface area contributed by atoms with Gasteiger partial charge in [-0.3, -0.25) is 4.79 Å². The molecule has 0 radical (unpaired) electrons. The van der Waals surface area contributed by atoms with E-state index < -0.39 is 10.0 Å². The number of hydrogen-bond acceptors (Lipinski definition) is 5. The number of aryl methyl sites for hydroxylation is 2. The van der Waals surface area contributed by atoms with Crippen molar-refractivity contribution in [2.75, 3.05) is 33.3 Å². The number of morpholine rings is 2. The Morgan fingerprint density at radius 2 is 1.74 bits per heavy atom. The SMILES string of the molecule is COc1cccc(CCC(=O)N2C[C@@H]3CN(S(=O)(=O)c4ccc(C)cc4)C[C@H](C2)O3)c1. The molecule has 2 heterocycles. The lowest BCUT2D eigenvalue weighted by Crippen LogP contribution is -2.61. The van der Waals surface area contributed by atoms with E-state index in [1.807, 2.05) is 36.1 Å². The minimum Gasteiger partial charge on any atom is -0.497 e. The lowest BCUT2D eigenvalue weighted by molar-refractivity contribution is -0.154. The van der Waals surface area contributed by atoms with E-state index in [0.717, 1.165) is 16.9 Å². The van der Waals surface area contributed by atoms with Crippen molar-refractivity contribution in [2.24, 2.45) is 0 Å². The van der Waals surface area contributed by atoms with Gasteiger partial charge in [0.1, 0.15) is 5.75 Å². The van der Waals surface area contributed by atoms with Gasteiger partial charge in [-0.05, 0) is 43.2 Å². The number of ether oxygens (including phenoxy) is 2. The number of carbonyl (C=O) groups is 1. The third kappa shape index (κ3) is 4.92. The van der Waals surface area contributed by atoms with Crippen LogP contribution in [-0.2, 0) is 26.0 Å². The van der Waals surface area contributed by atoms with Crippen LogP contribution in [-0.4, -0.2) is 69.0 Å². The Balaban J connectivity index is 1.37. The van der Waals surface area contributed by atoms with Crippen molar-refractivity contribution in [3.05, 3.63) is 59.7 Å². The molecule has 0 unspecified atom stereocenters. The van der Waals surface area contributed by atoms with Crippen LogP contribution in [0.5, 0.6) is 5.75 Å². The zero-order valence-corrected chi connectivity index (χ0v) is 18.7. The van der Waals surface area contributed by atoms with Gasteiger partial charge >= 0.3 is 0 Å². The Labute approximate surface area is 183 Å². The fraction of sp³-hybridized carbons (Fsp3) is 0.435. The second-order valence-corrected chi connectivity index (χ2v) is 10.1. The minimum atomic E-state index is -3.57. The fourth-order valence-electron chi connectivity index (χ4n) is 4.15. The van der Waals surface area contributed by atoms with Crippen LogP contribution in [0.1, 0.15) is 17.5 Å². The number of rotatable bonds is 6. The molecule has 2 atom stereocenters. The molecule has 1 amide bonds. The number of methoxy groups -OCH3 is 1. The highest BCUT2D eigenvalue weighted by Crippen LogP contribution is 2.26. The number of hydrogen-bond donors (Lipinski definition) is 0. The van der Waals surface area contributed by atoms with Crippen LogP contribution in [0.15, 0.2) is 53.4 Å². The van der Waals surface area contributed by atoms with Gasteiger partial charge in [0.05, 0.1) is 24.2 Å². The Hall–Kier alpha value is -2.42. The average molecular weight is 445 g/mol. The Kier molecular flexibility index (Phi) is 6.31. The molecule has 2 saturated heterocycles. The van der Waals surface area contributed by atoms with Crippen LogP contribution < -0.4 is 4.74 Å². The summed E-state index contributed by atoms with van der Waals surface area (Å²) in [6.45, 7) is 3.26. The summed E-state index contributed by atoms with van der Waals surface area (Å²) >= 11 is 0. The number of carbonyl (C=O) groups excluding carboxylic acids is 1. The van der Waals surface area contributed by atoms with Crippen molar-refractivity contribution in [3.63, 3.8) is 0 Å². The minimum absolute atomic E-state index is 0.0657. The molecule has 0 saturated carbocycles. The van der Waals surface area contributed by atoms with Gasteiger partial charge in [0.2, 0.25) is 15.9 Å². The zero-order chi connectivity index (χ0) is 22.0. The predicted molar refractivity (Wildman–Crippen MR) is 116 cm³/mol. The van der Waals surface area contributed by atoms with Crippen LogP contribution >= 0.6 is 0 Å². The highest BCUT2D eigenvalue weighted by molar-refractivity contribution is 7.89. The lowest BCUT2D eigenvalue weighted by atomic mass is 10.1. The molecule has 2 aromatic rings. The van der Waals surface area contributed by atoms with E-state index in [4.69, 9.17) is 9.47 Å². The molecule has 0 N–H and O–H groups in total. The van der Waals surface area contributed by atoms with Crippen molar-refractivity contribution >= 4 is 15.9 Å². The molecule has 0 aliphatic carbocycles. The van der Waals surface area contributed by atoms with Crippen LogP contribution in [0, 0.1) is 6.92 Å². The smallest absolute Gasteiger partial charge is 0.243 e. The molecule has 2 aliphatic heterocycles. The van der Waals surface area contributed by atoms with Crippen LogP contribution in [0.3, 0.4) is 0 Å². The van der Waals surface area contributed by atoms with Crippen molar-refractivity contribution in [3.8, 4) is 5.75 Å². The van der Waals surface area contributed by atoms with Crippen molar-refractivity contribution in [2.45, 2.75) is 36.9 Å². The van der Waals surface area contributed by atoms with Crippen LogP contribution in [0.4, 0.5) is 0 Å². The number of nitrogens with zero attached hydrogens (tertiary/aromatic N) is 2. The summed E-state index contributed by atoms with van der Waals surface area (Å²) in [6, 6.07) is 14.6. The zero-order valence-electron chi connectivity index (χ0n) is 17.9. The van der Waals surface area contributed by atoms with Gasteiger partial charge in [-0.2, -0.15) is 4.31 Å². The Bertz CT molecular complexity index is 1020. The Morgan fingerprint density at radius 3 is 2.39 bits per heavy atom. The second kappa shape index (κ2) is 8.98. The summed E-state index contributed by atoms with van der Waals surface area (Å²) in [4.78, 5) is 14.9. The topological polar surface area (TPSA) is 76.2 Å². The van der Waals surface area contributed by atoms with E-state index in [0.29, 0.717) is 30.8 Å². The standard InChI is InChI=1S/C23H28N2O5S/c1-17-6-9-22(10-7-17)31(27,28)25-15-20-13-24(14-21(16-25)30-20)23(26)11-8-18-4-3-5-19(12-18)29-2/h3-7,9-10,12,20-21H,8,11,13-16H2,1-2H3/t20-,21+. The maximum Gasteiger partial charge on any atom is 0.243 e. The van der Waals surface area contributed by atoms with Gasteiger partial charge in [-0.15, -0.1) is 0 Å². The van der Waals surface area contributed by atoms with Gasteiger partial charge in [0, 0.05) is 32.6 Å². The first kappa shape index (κ1) is 21.8. The summed E-state index contributed by atoms with van der Waals surface area (Å²) in [5.41, 5.74) is 2.07. The molecule has 2 bridgehead atoms. The highest BCUT2D eigenvalue weighted by Gasteiger charge is 2.40. The largest absolute Gasteiger partial charge is 0.497 e. The molecular weight excluding hydrogens is 416 g/mol. The van der Waals surface area contributed by atoms with E-state index in [9.17, 15) is 13.2 Å². The van der Waals surface area contributed by atoms with Crippen LogP contribution in [0.2, 0.25) is 0 Å².